The zero-order valence-corrected chi connectivity index (χ0v) is 9.65. The third kappa shape index (κ3) is 2.92. The minimum absolute atomic E-state index is 0.143. The van der Waals surface area contributed by atoms with Crippen molar-refractivity contribution in [1.82, 2.24) is 4.90 Å². The number of rotatable bonds is 5. The van der Waals surface area contributed by atoms with Crippen molar-refractivity contribution in [2.75, 3.05) is 6.54 Å². The van der Waals surface area contributed by atoms with Crippen molar-refractivity contribution >= 4 is 5.91 Å². The van der Waals surface area contributed by atoms with Gasteiger partial charge in [-0.25, -0.2) is 0 Å². The van der Waals surface area contributed by atoms with E-state index >= 15 is 0 Å². The fraction of sp³-hybridized carbons (Fsp3) is 0.909. The van der Waals surface area contributed by atoms with Gasteiger partial charge in [-0.1, -0.05) is 20.3 Å². The number of nitrogens with zero attached hydrogens (tertiary/aromatic N) is 1. The standard InChI is InChI=1S/C11H22N2O2/c1-3-5-8-6-10(14)13(7-8)9(4-2)11(12)15/h8-9,11,15H,3-7,12H2,1-2H3/t8-,9+,11?/m1/s1. The Labute approximate surface area is 91.4 Å². The highest BCUT2D eigenvalue weighted by atomic mass is 16.3. The molecule has 1 aliphatic heterocycles. The molecule has 1 fully saturated rings. The highest BCUT2D eigenvalue weighted by molar-refractivity contribution is 5.79. The molecule has 88 valence electrons. The molecule has 15 heavy (non-hydrogen) atoms. The van der Waals surface area contributed by atoms with Crippen molar-refractivity contribution in [3.05, 3.63) is 0 Å². The van der Waals surface area contributed by atoms with E-state index < -0.39 is 6.23 Å². The Hall–Kier alpha value is -0.610. The average Bonchev–Trinajstić information content (AvgIpc) is 2.49. The molecular formula is C11H22N2O2. The summed E-state index contributed by atoms with van der Waals surface area (Å²) in [6.07, 6.45) is 2.60. The zero-order valence-electron chi connectivity index (χ0n) is 9.65. The molecule has 0 spiro atoms. The van der Waals surface area contributed by atoms with Gasteiger partial charge in [0.1, 0.15) is 6.23 Å². The van der Waals surface area contributed by atoms with Gasteiger partial charge in [-0.05, 0) is 18.8 Å². The molecule has 0 aliphatic carbocycles. The minimum Gasteiger partial charge on any atom is -0.377 e. The normalized spacial score (nSPS) is 25.7. The summed E-state index contributed by atoms with van der Waals surface area (Å²) in [6.45, 7) is 4.84. The Balaban J connectivity index is 2.59. The topological polar surface area (TPSA) is 66.6 Å². The predicted molar refractivity (Wildman–Crippen MR) is 59.0 cm³/mol. The summed E-state index contributed by atoms with van der Waals surface area (Å²) in [7, 11) is 0. The number of likely N-dealkylation sites (tertiary alicyclic amines) is 1. The Kier molecular flexibility index (Phi) is 4.54. The molecule has 1 rings (SSSR count). The first kappa shape index (κ1) is 12.5. The molecule has 1 amide bonds. The van der Waals surface area contributed by atoms with E-state index in [1.54, 1.807) is 4.90 Å². The second-order valence-electron chi connectivity index (χ2n) is 4.37. The Morgan fingerprint density at radius 1 is 1.60 bits per heavy atom. The van der Waals surface area contributed by atoms with Crippen LogP contribution in [0, 0.1) is 5.92 Å². The first-order valence-electron chi connectivity index (χ1n) is 5.83. The van der Waals surface area contributed by atoms with Crippen molar-refractivity contribution < 1.29 is 9.90 Å². The largest absolute Gasteiger partial charge is 0.377 e. The molecule has 4 nitrogen and oxygen atoms in total. The van der Waals surface area contributed by atoms with Gasteiger partial charge in [0.05, 0.1) is 6.04 Å². The van der Waals surface area contributed by atoms with Crippen LogP contribution in [-0.4, -0.2) is 34.7 Å². The molecule has 1 unspecified atom stereocenters. The lowest BCUT2D eigenvalue weighted by atomic mass is 10.0. The maximum absolute atomic E-state index is 11.7. The van der Waals surface area contributed by atoms with Crippen molar-refractivity contribution in [3.8, 4) is 0 Å². The summed E-state index contributed by atoms with van der Waals surface area (Å²) >= 11 is 0. The second kappa shape index (κ2) is 5.47. The van der Waals surface area contributed by atoms with Gasteiger partial charge in [0.15, 0.2) is 0 Å². The van der Waals surface area contributed by atoms with Crippen LogP contribution in [0.15, 0.2) is 0 Å². The number of carbonyl (C=O) groups is 1. The van der Waals surface area contributed by atoms with Crippen molar-refractivity contribution in [2.24, 2.45) is 11.7 Å². The first-order chi connectivity index (χ1) is 7.10. The average molecular weight is 214 g/mol. The number of aliphatic hydroxyl groups excluding tert-OH is 1. The number of aliphatic hydroxyl groups is 1. The maximum Gasteiger partial charge on any atom is 0.223 e. The van der Waals surface area contributed by atoms with Crippen LogP contribution in [0.25, 0.3) is 0 Å². The third-order valence-corrected chi connectivity index (χ3v) is 3.15. The van der Waals surface area contributed by atoms with E-state index in [9.17, 15) is 9.90 Å². The van der Waals surface area contributed by atoms with Gasteiger partial charge in [-0.15, -0.1) is 0 Å². The molecule has 0 aromatic rings. The number of hydrogen-bond donors (Lipinski definition) is 2. The molecule has 0 saturated carbocycles. The monoisotopic (exact) mass is 214 g/mol. The summed E-state index contributed by atoms with van der Waals surface area (Å²) < 4.78 is 0. The summed E-state index contributed by atoms with van der Waals surface area (Å²) in [5.41, 5.74) is 5.47. The number of amides is 1. The molecule has 4 heteroatoms. The highest BCUT2D eigenvalue weighted by Gasteiger charge is 2.34. The molecule has 1 aliphatic rings. The van der Waals surface area contributed by atoms with Crippen molar-refractivity contribution in [2.45, 2.75) is 51.8 Å². The van der Waals surface area contributed by atoms with Crippen LogP contribution in [-0.2, 0) is 4.79 Å². The molecule has 0 aromatic heterocycles. The van der Waals surface area contributed by atoms with Gasteiger partial charge < -0.3 is 15.7 Å². The van der Waals surface area contributed by atoms with Crippen molar-refractivity contribution in [1.29, 1.82) is 0 Å². The van der Waals surface area contributed by atoms with Crippen molar-refractivity contribution in [3.63, 3.8) is 0 Å². The minimum atomic E-state index is -0.917. The molecule has 1 saturated heterocycles. The van der Waals surface area contributed by atoms with Gasteiger partial charge in [0, 0.05) is 13.0 Å². The van der Waals surface area contributed by atoms with Crippen LogP contribution in [0.2, 0.25) is 0 Å². The van der Waals surface area contributed by atoms with E-state index in [0.717, 1.165) is 19.4 Å². The molecular weight excluding hydrogens is 192 g/mol. The van der Waals surface area contributed by atoms with Crippen LogP contribution in [0.4, 0.5) is 0 Å². The van der Waals surface area contributed by atoms with Gasteiger partial charge in [0.25, 0.3) is 0 Å². The zero-order chi connectivity index (χ0) is 11.4. The number of hydrogen-bond acceptors (Lipinski definition) is 3. The number of nitrogens with two attached hydrogens (primary N) is 1. The van der Waals surface area contributed by atoms with E-state index in [2.05, 4.69) is 6.92 Å². The van der Waals surface area contributed by atoms with E-state index in [-0.39, 0.29) is 11.9 Å². The quantitative estimate of drug-likeness (QED) is 0.662. The van der Waals surface area contributed by atoms with Gasteiger partial charge in [-0.3, -0.25) is 4.79 Å². The van der Waals surface area contributed by atoms with E-state index in [1.807, 2.05) is 6.92 Å². The highest BCUT2D eigenvalue weighted by Crippen LogP contribution is 2.25. The molecule has 3 N–H and O–H groups in total. The van der Waals surface area contributed by atoms with Crippen LogP contribution in [0.3, 0.4) is 0 Å². The summed E-state index contributed by atoms with van der Waals surface area (Å²) in [5, 5.41) is 9.39. The van der Waals surface area contributed by atoms with Gasteiger partial charge in [0.2, 0.25) is 5.91 Å². The van der Waals surface area contributed by atoms with Crippen LogP contribution in [0.1, 0.15) is 39.5 Å². The molecule has 0 bridgehead atoms. The lowest BCUT2D eigenvalue weighted by Gasteiger charge is -2.29. The van der Waals surface area contributed by atoms with Crippen LogP contribution < -0.4 is 5.73 Å². The Morgan fingerprint density at radius 2 is 2.27 bits per heavy atom. The number of carbonyl (C=O) groups excluding carboxylic acids is 1. The van der Waals surface area contributed by atoms with E-state index in [1.165, 1.54) is 0 Å². The fourth-order valence-electron chi connectivity index (χ4n) is 2.38. The molecule has 3 atom stereocenters. The van der Waals surface area contributed by atoms with E-state index in [0.29, 0.717) is 18.8 Å². The summed E-state index contributed by atoms with van der Waals surface area (Å²) in [4.78, 5) is 13.5. The third-order valence-electron chi connectivity index (χ3n) is 3.15. The molecule has 0 radical (unpaired) electrons. The molecule has 1 heterocycles. The Bertz CT molecular complexity index is 219. The lowest BCUT2D eigenvalue weighted by Crippen LogP contribution is -2.48. The lowest BCUT2D eigenvalue weighted by molar-refractivity contribution is -0.132. The summed E-state index contributed by atoms with van der Waals surface area (Å²) in [6, 6.07) is -0.209. The Morgan fingerprint density at radius 3 is 2.73 bits per heavy atom. The SMILES string of the molecule is CCC[C@@H]1CC(=O)N([C@@H](CC)C(N)O)C1. The summed E-state index contributed by atoms with van der Waals surface area (Å²) in [5.74, 6) is 0.597. The predicted octanol–water partition coefficient (Wildman–Crippen LogP) is 0.691. The molecule has 0 aromatic carbocycles. The maximum atomic E-state index is 11.7. The van der Waals surface area contributed by atoms with E-state index in [4.69, 9.17) is 5.73 Å². The second-order valence-corrected chi connectivity index (χ2v) is 4.37. The van der Waals surface area contributed by atoms with Crippen LogP contribution >= 0.6 is 0 Å². The fourth-order valence-corrected chi connectivity index (χ4v) is 2.38. The smallest absolute Gasteiger partial charge is 0.223 e. The van der Waals surface area contributed by atoms with Gasteiger partial charge >= 0.3 is 0 Å². The first-order valence-corrected chi connectivity index (χ1v) is 5.83. The van der Waals surface area contributed by atoms with Crippen LogP contribution in [0.5, 0.6) is 0 Å². The van der Waals surface area contributed by atoms with Gasteiger partial charge in [-0.2, -0.15) is 0 Å².